The van der Waals surface area contributed by atoms with Crippen LogP contribution in [-0.4, -0.2) is 42.2 Å². The van der Waals surface area contributed by atoms with Gasteiger partial charge in [0.15, 0.2) is 17.6 Å². The molecule has 0 unspecified atom stereocenters. The number of amides is 1. The van der Waals surface area contributed by atoms with Gasteiger partial charge in [-0.1, -0.05) is 0 Å². The quantitative estimate of drug-likeness (QED) is 0.446. The summed E-state index contributed by atoms with van der Waals surface area (Å²) in [5, 5.41) is 14.0. The third kappa shape index (κ3) is 5.61. The van der Waals surface area contributed by atoms with Gasteiger partial charge in [0, 0.05) is 11.6 Å². The lowest BCUT2D eigenvalue weighted by atomic mass is 10.1. The first-order chi connectivity index (χ1) is 12.0. The van der Waals surface area contributed by atoms with Crippen molar-refractivity contribution >= 4 is 17.6 Å². The number of nitrogens with one attached hydrogen (secondary N) is 1. The first kappa shape index (κ1) is 21.2. The first-order valence-electron chi connectivity index (χ1n) is 8.02. The highest BCUT2D eigenvalue weighted by atomic mass is 16.6. The highest BCUT2D eigenvalue weighted by molar-refractivity contribution is 5.96. The third-order valence-corrected chi connectivity index (χ3v) is 3.15. The summed E-state index contributed by atoms with van der Waals surface area (Å²) in [6.07, 6.45) is -1.13. The normalized spacial score (nSPS) is 12.1. The van der Waals surface area contributed by atoms with Crippen LogP contribution in [0.3, 0.4) is 0 Å². The van der Waals surface area contributed by atoms with Crippen molar-refractivity contribution in [2.24, 2.45) is 0 Å². The number of rotatable bonds is 7. The van der Waals surface area contributed by atoms with Gasteiger partial charge in [-0.3, -0.25) is 14.9 Å². The van der Waals surface area contributed by atoms with Crippen LogP contribution in [0.2, 0.25) is 0 Å². The van der Waals surface area contributed by atoms with E-state index in [0.717, 1.165) is 6.07 Å². The number of benzene rings is 1. The summed E-state index contributed by atoms with van der Waals surface area (Å²) in [6.45, 7) is 8.70. The molecule has 144 valence electrons. The molecular weight excluding hydrogens is 344 g/mol. The second-order valence-electron chi connectivity index (χ2n) is 6.50. The molecule has 9 nitrogen and oxygen atoms in total. The fraction of sp³-hybridized carbons (Fsp3) is 0.529. The van der Waals surface area contributed by atoms with Crippen molar-refractivity contribution in [1.29, 1.82) is 0 Å². The van der Waals surface area contributed by atoms with E-state index in [0.29, 0.717) is 0 Å². The van der Waals surface area contributed by atoms with Crippen LogP contribution in [0.4, 0.5) is 5.69 Å². The third-order valence-electron chi connectivity index (χ3n) is 3.15. The Hall–Kier alpha value is -2.84. The van der Waals surface area contributed by atoms with Gasteiger partial charge in [-0.25, -0.2) is 4.79 Å². The molecule has 0 bridgehead atoms. The number of nitro groups is 1. The van der Waals surface area contributed by atoms with Gasteiger partial charge in [0.05, 0.1) is 24.7 Å². The van der Waals surface area contributed by atoms with E-state index in [4.69, 9.17) is 14.2 Å². The Kier molecular flexibility index (Phi) is 6.93. The molecule has 1 aromatic carbocycles. The van der Waals surface area contributed by atoms with E-state index in [9.17, 15) is 19.7 Å². The second-order valence-corrected chi connectivity index (χ2v) is 6.50. The number of esters is 1. The number of carbonyl (C=O) groups excluding carboxylic acids is 2. The number of methoxy groups -OCH3 is 1. The molecule has 9 heteroatoms. The summed E-state index contributed by atoms with van der Waals surface area (Å²) < 4.78 is 15.5. The van der Waals surface area contributed by atoms with Crippen molar-refractivity contribution in [2.75, 3.05) is 13.7 Å². The molecule has 0 radical (unpaired) electrons. The lowest BCUT2D eigenvalue weighted by Crippen LogP contribution is -2.46. The van der Waals surface area contributed by atoms with Gasteiger partial charge in [0.2, 0.25) is 0 Å². The predicted molar refractivity (Wildman–Crippen MR) is 93.6 cm³/mol. The molecular formula is C17H24N2O7. The Morgan fingerprint density at radius 2 is 1.88 bits per heavy atom. The zero-order chi connectivity index (χ0) is 20.1. The molecule has 0 fully saturated rings. The SMILES string of the molecule is CCOc1cc([N+](=O)[O-])c(C(=O)O[C@H](C)C(=O)NC(C)(C)C)cc1OC. The Balaban J connectivity index is 3.14. The molecule has 0 aliphatic carbocycles. The largest absolute Gasteiger partial charge is 0.493 e. The topological polar surface area (TPSA) is 117 Å². The monoisotopic (exact) mass is 368 g/mol. The number of nitrogens with zero attached hydrogens (tertiary/aromatic N) is 1. The standard InChI is InChI=1S/C17H24N2O7/c1-7-25-14-9-12(19(22)23)11(8-13(14)24-6)16(21)26-10(2)15(20)18-17(3,4)5/h8-10H,7H2,1-6H3,(H,18,20)/t10-/m1/s1. The zero-order valence-electron chi connectivity index (χ0n) is 15.7. The molecule has 0 aliphatic rings. The van der Waals surface area contributed by atoms with Gasteiger partial charge in [-0.15, -0.1) is 0 Å². The minimum Gasteiger partial charge on any atom is -0.493 e. The molecule has 1 atom stereocenters. The fourth-order valence-corrected chi connectivity index (χ4v) is 2.04. The molecule has 26 heavy (non-hydrogen) atoms. The molecule has 0 saturated heterocycles. The zero-order valence-corrected chi connectivity index (χ0v) is 15.7. The van der Waals surface area contributed by atoms with Crippen LogP contribution in [0.15, 0.2) is 12.1 Å². The average Bonchev–Trinajstić information content (AvgIpc) is 2.52. The van der Waals surface area contributed by atoms with Gasteiger partial charge in [-0.2, -0.15) is 0 Å². The summed E-state index contributed by atoms with van der Waals surface area (Å²) >= 11 is 0. The van der Waals surface area contributed by atoms with Crippen molar-refractivity contribution < 1.29 is 28.7 Å². The van der Waals surface area contributed by atoms with Gasteiger partial charge < -0.3 is 19.5 Å². The molecule has 1 amide bonds. The highest BCUT2D eigenvalue weighted by Crippen LogP contribution is 2.35. The number of hydrogen-bond donors (Lipinski definition) is 1. The maximum Gasteiger partial charge on any atom is 0.346 e. The molecule has 0 spiro atoms. The fourth-order valence-electron chi connectivity index (χ4n) is 2.04. The highest BCUT2D eigenvalue weighted by Gasteiger charge is 2.29. The van der Waals surface area contributed by atoms with E-state index in [1.807, 2.05) is 0 Å². The minimum absolute atomic E-state index is 0.136. The van der Waals surface area contributed by atoms with Crippen molar-refractivity contribution in [3.8, 4) is 11.5 Å². The minimum atomic E-state index is -1.13. The summed E-state index contributed by atoms with van der Waals surface area (Å²) in [5.41, 5.74) is -1.33. The molecule has 0 aromatic heterocycles. The maximum absolute atomic E-state index is 12.4. The molecule has 0 saturated carbocycles. The van der Waals surface area contributed by atoms with Crippen LogP contribution in [0.1, 0.15) is 45.0 Å². The van der Waals surface area contributed by atoms with E-state index in [1.165, 1.54) is 20.1 Å². The Morgan fingerprint density at radius 3 is 2.35 bits per heavy atom. The van der Waals surface area contributed by atoms with E-state index in [1.54, 1.807) is 27.7 Å². The summed E-state index contributed by atoms with van der Waals surface area (Å²) in [7, 11) is 1.35. The van der Waals surface area contributed by atoms with Crippen LogP contribution in [0.25, 0.3) is 0 Å². The molecule has 1 rings (SSSR count). The van der Waals surface area contributed by atoms with Crippen molar-refractivity contribution in [2.45, 2.75) is 46.3 Å². The lowest BCUT2D eigenvalue weighted by Gasteiger charge is -2.23. The number of carbonyl (C=O) groups is 2. The van der Waals surface area contributed by atoms with E-state index >= 15 is 0 Å². The van der Waals surface area contributed by atoms with Crippen LogP contribution in [0.5, 0.6) is 11.5 Å². The molecule has 1 aromatic rings. The van der Waals surface area contributed by atoms with Gasteiger partial charge in [-0.05, 0) is 34.6 Å². The second kappa shape index (κ2) is 8.50. The predicted octanol–water partition coefficient (Wildman–Crippen LogP) is 2.46. The van der Waals surface area contributed by atoms with Gasteiger partial charge in [0.25, 0.3) is 11.6 Å². The molecule has 0 aliphatic heterocycles. The number of nitro benzene ring substituents is 1. The number of hydrogen-bond acceptors (Lipinski definition) is 7. The van der Waals surface area contributed by atoms with Crippen LogP contribution in [-0.2, 0) is 9.53 Å². The Morgan fingerprint density at radius 1 is 1.27 bits per heavy atom. The summed E-state index contributed by atoms with van der Waals surface area (Å²) in [4.78, 5) is 35.0. The van der Waals surface area contributed by atoms with Crippen LogP contribution >= 0.6 is 0 Å². The first-order valence-corrected chi connectivity index (χ1v) is 8.02. The molecule has 0 heterocycles. The Bertz CT molecular complexity index is 695. The van der Waals surface area contributed by atoms with Crippen molar-refractivity contribution in [1.82, 2.24) is 5.32 Å². The van der Waals surface area contributed by atoms with Crippen LogP contribution < -0.4 is 14.8 Å². The van der Waals surface area contributed by atoms with E-state index in [-0.39, 0.29) is 23.7 Å². The smallest absolute Gasteiger partial charge is 0.346 e. The summed E-state index contributed by atoms with van der Waals surface area (Å²) in [6, 6.07) is 2.26. The van der Waals surface area contributed by atoms with E-state index < -0.39 is 34.1 Å². The summed E-state index contributed by atoms with van der Waals surface area (Å²) in [5.74, 6) is -1.23. The average molecular weight is 368 g/mol. The lowest BCUT2D eigenvalue weighted by molar-refractivity contribution is -0.385. The Labute approximate surface area is 151 Å². The van der Waals surface area contributed by atoms with Crippen molar-refractivity contribution in [3.05, 3.63) is 27.8 Å². The van der Waals surface area contributed by atoms with Crippen LogP contribution in [0, 0.1) is 10.1 Å². The van der Waals surface area contributed by atoms with Gasteiger partial charge >= 0.3 is 5.97 Å². The van der Waals surface area contributed by atoms with Crippen molar-refractivity contribution in [3.63, 3.8) is 0 Å². The maximum atomic E-state index is 12.4. The molecule has 1 N–H and O–H groups in total. The van der Waals surface area contributed by atoms with E-state index in [2.05, 4.69) is 5.32 Å². The van der Waals surface area contributed by atoms with Gasteiger partial charge in [0.1, 0.15) is 5.56 Å². The number of ether oxygens (including phenoxy) is 3.